The first-order chi connectivity index (χ1) is 11.0. The van der Waals surface area contributed by atoms with Crippen molar-refractivity contribution in [2.24, 2.45) is 0 Å². The molecule has 0 aromatic heterocycles. The number of sulfonamides is 1. The Hall–Kier alpha value is -1.88. The van der Waals surface area contributed by atoms with Gasteiger partial charge in [-0.05, 0) is 34.5 Å². The van der Waals surface area contributed by atoms with Gasteiger partial charge in [0.05, 0.1) is 5.02 Å². The molecule has 0 aliphatic heterocycles. The van der Waals surface area contributed by atoms with Crippen molar-refractivity contribution < 1.29 is 8.42 Å². The summed E-state index contributed by atoms with van der Waals surface area (Å²) in [5, 5.41) is 2.46. The molecule has 0 bridgehead atoms. The predicted octanol–water partition coefficient (Wildman–Crippen LogP) is 4.31. The summed E-state index contributed by atoms with van der Waals surface area (Å²) in [5.74, 6) is 0. The first-order valence-corrected chi connectivity index (χ1v) is 8.99. The zero-order chi connectivity index (χ0) is 16.4. The zero-order valence-electron chi connectivity index (χ0n) is 12.6. The van der Waals surface area contributed by atoms with Crippen molar-refractivity contribution in [2.45, 2.75) is 11.4 Å². The normalized spacial score (nSPS) is 12.0. The standard InChI is InChI=1S/C18H16ClNO2S/c1-20(23(21,22)18-9-5-4-8-17(18)19)13-14-10-11-15-6-2-3-7-16(15)12-14/h2-12H,13H2,1H3. The summed E-state index contributed by atoms with van der Waals surface area (Å²) in [5.41, 5.74) is 0.932. The van der Waals surface area contributed by atoms with Gasteiger partial charge in [0.25, 0.3) is 0 Å². The molecule has 0 spiro atoms. The molecular formula is C18H16ClNO2S. The molecule has 0 N–H and O–H groups in total. The number of fused-ring (bicyclic) bond motifs is 1. The summed E-state index contributed by atoms with van der Waals surface area (Å²) in [6.45, 7) is 0.290. The van der Waals surface area contributed by atoms with Gasteiger partial charge in [0, 0.05) is 13.6 Å². The highest BCUT2D eigenvalue weighted by molar-refractivity contribution is 7.89. The molecule has 0 atom stereocenters. The van der Waals surface area contributed by atoms with E-state index in [1.165, 1.54) is 10.4 Å². The van der Waals surface area contributed by atoms with Gasteiger partial charge < -0.3 is 0 Å². The first kappa shape index (κ1) is 16.0. The van der Waals surface area contributed by atoms with E-state index in [0.29, 0.717) is 6.54 Å². The molecule has 0 aliphatic rings. The lowest BCUT2D eigenvalue weighted by Gasteiger charge is -2.18. The van der Waals surface area contributed by atoms with E-state index in [2.05, 4.69) is 0 Å². The minimum Gasteiger partial charge on any atom is -0.207 e. The molecule has 0 fully saturated rings. The summed E-state index contributed by atoms with van der Waals surface area (Å²) < 4.78 is 26.6. The van der Waals surface area contributed by atoms with E-state index in [1.54, 1.807) is 25.2 Å². The van der Waals surface area contributed by atoms with Gasteiger partial charge in [-0.1, -0.05) is 60.1 Å². The molecule has 0 heterocycles. The molecule has 3 aromatic carbocycles. The summed E-state index contributed by atoms with van der Waals surface area (Å²) >= 11 is 6.03. The van der Waals surface area contributed by atoms with Gasteiger partial charge in [-0.3, -0.25) is 0 Å². The number of halogens is 1. The minimum atomic E-state index is -3.62. The highest BCUT2D eigenvalue weighted by Gasteiger charge is 2.23. The van der Waals surface area contributed by atoms with Crippen LogP contribution in [-0.2, 0) is 16.6 Å². The van der Waals surface area contributed by atoms with E-state index in [1.807, 2.05) is 42.5 Å². The van der Waals surface area contributed by atoms with Crippen molar-refractivity contribution in [1.29, 1.82) is 0 Å². The van der Waals surface area contributed by atoms with Gasteiger partial charge >= 0.3 is 0 Å². The molecule has 0 saturated heterocycles. The summed E-state index contributed by atoms with van der Waals surface area (Å²) in [6, 6.07) is 20.4. The maximum atomic E-state index is 12.7. The highest BCUT2D eigenvalue weighted by Crippen LogP contribution is 2.25. The second-order valence-corrected chi connectivity index (χ2v) is 7.79. The third-order valence-corrected chi connectivity index (χ3v) is 6.05. The van der Waals surface area contributed by atoms with E-state index in [0.717, 1.165) is 16.3 Å². The SMILES string of the molecule is CN(Cc1ccc2ccccc2c1)S(=O)(=O)c1ccccc1Cl. The van der Waals surface area contributed by atoms with Crippen LogP contribution in [0, 0.1) is 0 Å². The minimum absolute atomic E-state index is 0.130. The van der Waals surface area contributed by atoms with E-state index in [-0.39, 0.29) is 9.92 Å². The molecule has 3 nitrogen and oxygen atoms in total. The van der Waals surface area contributed by atoms with Crippen LogP contribution < -0.4 is 0 Å². The average molecular weight is 346 g/mol. The van der Waals surface area contributed by atoms with Crippen molar-refractivity contribution in [3.8, 4) is 0 Å². The molecular weight excluding hydrogens is 330 g/mol. The largest absolute Gasteiger partial charge is 0.244 e. The lowest BCUT2D eigenvalue weighted by molar-refractivity contribution is 0.467. The summed E-state index contributed by atoms with van der Waals surface area (Å²) in [4.78, 5) is 0.130. The maximum absolute atomic E-state index is 12.7. The second kappa shape index (κ2) is 6.32. The Balaban J connectivity index is 1.90. The third-order valence-electron chi connectivity index (χ3n) is 3.74. The van der Waals surface area contributed by atoms with Crippen LogP contribution in [0.25, 0.3) is 10.8 Å². The quantitative estimate of drug-likeness (QED) is 0.706. The van der Waals surface area contributed by atoms with Crippen LogP contribution in [0.5, 0.6) is 0 Å². The second-order valence-electron chi connectivity index (χ2n) is 5.37. The van der Waals surface area contributed by atoms with Gasteiger partial charge in [0.2, 0.25) is 10.0 Å². The van der Waals surface area contributed by atoms with Crippen LogP contribution in [0.1, 0.15) is 5.56 Å². The molecule has 0 unspecified atom stereocenters. The van der Waals surface area contributed by atoms with E-state index in [9.17, 15) is 8.42 Å². The first-order valence-electron chi connectivity index (χ1n) is 7.17. The fraction of sp³-hybridized carbons (Fsp3) is 0.111. The Morgan fingerprint density at radius 2 is 1.57 bits per heavy atom. The summed E-state index contributed by atoms with van der Waals surface area (Å²) in [7, 11) is -2.06. The number of rotatable bonds is 4. The van der Waals surface area contributed by atoms with E-state index >= 15 is 0 Å². The fourth-order valence-electron chi connectivity index (χ4n) is 2.50. The maximum Gasteiger partial charge on any atom is 0.244 e. The van der Waals surface area contributed by atoms with Gasteiger partial charge in [0.1, 0.15) is 4.90 Å². The molecule has 0 saturated carbocycles. The lowest BCUT2D eigenvalue weighted by Crippen LogP contribution is -2.26. The van der Waals surface area contributed by atoms with E-state index < -0.39 is 10.0 Å². The van der Waals surface area contributed by atoms with Crippen molar-refractivity contribution in [3.05, 3.63) is 77.3 Å². The van der Waals surface area contributed by atoms with Crippen LogP contribution in [0.2, 0.25) is 5.02 Å². The monoisotopic (exact) mass is 345 g/mol. The predicted molar refractivity (Wildman–Crippen MR) is 94.1 cm³/mol. The van der Waals surface area contributed by atoms with Gasteiger partial charge in [-0.2, -0.15) is 4.31 Å². The number of hydrogen-bond donors (Lipinski definition) is 0. The Morgan fingerprint density at radius 1 is 0.913 bits per heavy atom. The Labute approximate surface area is 141 Å². The molecule has 3 rings (SSSR count). The third kappa shape index (κ3) is 3.24. The Morgan fingerprint density at radius 3 is 2.30 bits per heavy atom. The molecule has 0 aliphatic carbocycles. The van der Waals surface area contributed by atoms with E-state index in [4.69, 9.17) is 11.6 Å². The highest BCUT2D eigenvalue weighted by atomic mass is 35.5. The fourth-order valence-corrected chi connectivity index (χ4v) is 4.15. The smallest absolute Gasteiger partial charge is 0.207 e. The molecule has 5 heteroatoms. The van der Waals surface area contributed by atoms with Crippen LogP contribution in [0.4, 0.5) is 0 Å². The van der Waals surface area contributed by atoms with Crippen LogP contribution in [-0.4, -0.2) is 19.8 Å². The lowest BCUT2D eigenvalue weighted by atomic mass is 10.1. The van der Waals surface area contributed by atoms with Crippen molar-refractivity contribution in [2.75, 3.05) is 7.05 Å². The van der Waals surface area contributed by atoms with Crippen LogP contribution in [0.15, 0.2) is 71.6 Å². The van der Waals surface area contributed by atoms with Crippen molar-refractivity contribution >= 4 is 32.4 Å². The van der Waals surface area contributed by atoms with Gasteiger partial charge in [-0.25, -0.2) is 8.42 Å². The average Bonchev–Trinajstić information content (AvgIpc) is 2.55. The van der Waals surface area contributed by atoms with Gasteiger partial charge in [-0.15, -0.1) is 0 Å². The molecule has 23 heavy (non-hydrogen) atoms. The molecule has 0 radical (unpaired) electrons. The molecule has 118 valence electrons. The number of nitrogens with zero attached hydrogens (tertiary/aromatic N) is 1. The molecule has 0 amide bonds. The van der Waals surface area contributed by atoms with Crippen LogP contribution >= 0.6 is 11.6 Å². The Bertz CT molecular complexity index is 954. The van der Waals surface area contributed by atoms with Crippen molar-refractivity contribution in [3.63, 3.8) is 0 Å². The van der Waals surface area contributed by atoms with Crippen LogP contribution in [0.3, 0.4) is 0 Å². The van der Waals surface area contributed by atoms with Gasteiger partial charge in [0.15, 0.2) is 0 Å². The molecule has 3 aromatic rings. The number of hydrogen-bond acceptors (Lipinski definition) is 2. The van der Waals surface area contributed by atoms with Crippen molar-refractivity contribution in [1.82, 2.24) is 4.31 Å². The summed E-state index contributed by atoms with van der Waals surface area (Å²) in [6.07, 6.45) is 0. The zero-order valence-corrected chi connectivity index (χ0v) is 14.2. The topological polar surface area (TPSA) is 37.4 Å². The number of benzene rings is 3. The Kier molecular flexibility index (Phi) is 4.39.